The van der Waals surface area contributed by atoms with Gasteiger partial charge in [-0.2, -0.15) is 5.10 Å². The van der Waals surface area contributed by atoms with E-state index in [9.17, 15) is 8.78 Å². The van der Waals surface area contributed by atoms with Crippen LogP contribution in [0.2, 0.25) is 0 Å². The summed E-state index contributed by atoms with van der Waals surface area (Å²) in [6.45, 7) is 2.66. The minimum absolute atomic E-state index is 0.546. The van der Waals surface area contributed by atoms with Crippen LogP contribution in [0.4, 0.5) is 8.78 Å². The molecule has 0 aliphatic rings. The van der Waals surface area contributed by atoms with Gasteiger partial charge in [-0.3, -0.25) is 4.68 Å². The van der Waals surface area contributed by atoms with E-state index in [1.165, 1.54) is 7.05 Å². The molecule has 80 valence electrons. The van der Waals surface area contributed by atoms with E-state index in [0.29, 0.717) is 12.2 Å². The summed E-state index contributed by atoms with van der Waals surface area (Å²) >= 11 is 0. The fourth-order valence-corrected chi connectivity index (χ4v) is 1.41. The average molecular weight is 203 g/mol. The number of hydrogen-bond donors (Lipinski definition) is 1. The molecule has 1 heterocycles. The van der Waals surface area contributed by atoms with Gasteiger partial charge in [-0.1, -0.05) is 6.92 Å². The van der Waals surface area contributed by atoms with Crippen LogP contribution in [0.1, 0.15) is 25.1 Å². The summed E-state index contributed by atoms with van der Waals surface area (Å²) in [5, 5.41) is 6.59. The number of aryl methyl sites for hydroxylation is 1. The third-order valence-corrected chi connectivity index (χ3v) is 2.07. The average Bonchev–Trinajstić information content (AvgIpc) is 2.55. The van der Waals surface area contributed by atoms with Crippen LogP contribution < -0.4 is 5.32 Å². The second kappa shape index (κ2) is 5.05. The van der Waals surface area contributed by atoms with Gasteiger partial charge in [0.25, 0.3) is 6.43 Å². The van der Waals surface area contributed by atoms with Crippen molar-refractivity contribution >= 4 is 0 Å². The van der Waals surface area contributed by atoms with Crippen LogP contribution in [-0.4, -0.2) is 23.3 Å². The van der Waals surface area contributed by atoms with E-state index >= 15 is 0 Å². The number of rotatable bonds is 5. The third-order valence-electron chi connectivity index (χ3n) is 2.07. The molecule has 5 heteroatoms. The van der Waals surface area contributed by atoms with Crippen molar-refractivity contribution in [1.82, 2.24) is 15.1 Å². The fraction of sp³-hybridized carbons (Fsp3) is 0.667. The molecule has 0 spiro atoms. The van der Waals surface area contributed by atoms with E-state index in [-0.39, 0.29) is 0 Å². The van der Waals surface area contributed by atoms with Crippen LogP contribution in [0.15, 0.2) is 12.3 Å². The van der Waals surface area contributed by atoms with E-state index in [2.05, 4.69) is 10.4 Å². The van der Waals surface area contributed by atoms with Crippen molar-refractivity contribution in [3.05, 3.63) is 18.0 Å². The summed E-state index contributed by atoms with van der Waals surface area (Å²) in [5.74, 6) is 0. The Morgan fingerprint density at radius 1 is 1.57 bits per heavy atom. The molecule has 0 radical (unpaired) electrons. The molecule has 0 saturated carbocycles. The Morgan fingerprint density at radius 3 is 2.79 bits per heavy atom. The lowest BCUT2D eigenvalue weighted by Gasteiger charge is -2.16. The minimum Gasteiger partial charge on any atom is -0.307 e. The second-order valence-corrected chi connectivity index (χ2v) is 3.08. The summed E-state index contributed by atoms with van der Waals surface area (Å²) in [4.78, 5) is 0. The molecule has 1 atom stereocenters. The van der Waals surface area contributed by atoms with Gasteiger partial charge < -0.3 is 5.32 Å². The molecule has 0 saturated heterocycles. The summed E-state index contributed by atoms with van der Waals surface area (Å²) in [6, 6.07) is 0.701. The SMILES string of the molecule is CCCn1nccc1C(NC)C(F)F. The van der Waals surface area contributed by atoms with Crippen molar-refractivity contribution in [2.45, 2.75) is 32.4 Å². The lowest BCUT2D eigenvalue weighted by atomic mass is 10.2. The Morgan fingerprint density at radius 2 is 2.29 bits per heavy atom. The molecule has 1 aromatic rings. The maximum Gasteiger partial charge on any atom is 0.259 e. The van der Waals surface area contributed by atoms with Gasteiger partial charge in [0.1, 0.15) is 6.04 Å². The highest BCUT2D eigenvalue weighted by molar-refractivity contribution is 5.07. The number of nitrogens with zero attached hydrogens (tertiary/aromatic N) is 2. The highest BCUT2D eigenvalue weighted by Gasteiger charge is 2.23. The molecule has 1 rings (SSSR count). The van der Waals surface area contributed by atoms with Crippen molar-refractivity contribution in [3.63, 3.8) is 0 Å². The largest absolute Gasteiger partial charge is 0.307 e. The standard InChI is InChI=1S/C9H15F2N3/c1-3-6-14-7(4-5-13-14)8(12-2)9(10)11/h4-5,8-9,12H,3,6H2,1-2H3. The fourth-order valence-electron chi connectivity index (χ4n) is 1.41. The monoisotopic (exact) mass is 203 g/mol. The van der Waals surface area contributed by atoms with E-state index in [0.717, 1.165) is 6.42 Å². The predicted molar refractivity (Wildman–Crippen MR) is 50.3 cm³/mol. The lowest BCUT2D eigenvalue weighted by molar-refractivity contribution is 0.0979. The van der Waals surface area contributed by atoms with Gasteiger partial charge in [0.15, 0.2) is 0 Å². The summed E-state index contributed by atoms with van der Waals surface area (Å²) in [6.07, 6.45) is 0.0267. The summed E-state index contributed by atoms with van der Waals surface area (Å²) in [7, 11) is 1.53. The van der Waals surface area contributed by atoms with E-state index in [1.807, 2.05) is 6.92 Å². The molecule has 0 bridgehead atoms. The molecule has 1 aromatic heterocycles. The number of aromatic nitrogens is 2. The topological polar surface area (TPSA) is 29.9 Å². The van der Waals surface area contributed by atoms with Crippen LogP contribution in [0, 0.1) is 0 Å². The quantitative estimate of drug-likeness (QED) is 0.791. The number of halogens is 2. The maximum atomic E-state index is 12.6. The molecule has 0 amide bonds. The highest BCUT2D eigenvalue weighted by Crippen LogP contribution is 2.19. The van der Waals surface area contributed by atoms with E-state index < -0.39 is 12.5 Å². The number of hydrogen-bond acceptors (Lipinski definition) is 2. The Labute approximate surface area is 82.1 Å². The van der Waals surface area contributed by atoms with Crippen molar-refractivity contribution in [3.8, 4) is 0 Å². The molecule has 14 heavy (non-hydrogen) atoms. The molecule has 0 aliphatic carbocycles. The maximum absolute atomic E-state index is 12.6. The Kier molecular flexibility index (Phi) is 4.00. The van der Waals surface area contributed by atoms with Crippen molar-refractivity contribution in [1.29, 1.82) is 0 Å². The molecular weight excluding hydrogens is 188 g/mol. The molecule has 1 unspecified atom stereocenters. The van der Waals surface area contributed by atoms with Gasteiger partial charge in [-0.15, -0.1) is 0 Å². The third kappa shape index (κ3) is 2.29. The first-order chi connectivity index (χ1) is 6.70. The van der Waals surface area contributed by atoms with Crippen LogP contribution >= 0.6 is 0 Å². The van der Waals surface area contributed by atoms with Crippen LogP contribution in [0.3, 0.4) is 0 Å². The zero-order chi connectivity index (χ0) is 10.6. The van der Waals surface area contributed by atoms with Crippen LogP contribution in [0.5, 0.6) is 0 Å². The van der Waals surface area contributed by atoms with Crippen LogP contribution in [0.25, 0.3) is 0 Å². The normalized spacial score (nSPS) is 13.5. The van der Waals surface area contributed by atoms with Crippen LogP contribution in [-0.2, 0) is 6.54 Å². The second-order valence-electron chi connectivity index (χ2n) is 3.08. The zero-order valence-electron chi connectivity index (χ0n) is 8.37. The smallest absolute Gasteiger partial charge is 0.259 e. The minimum atomic E-state index is -2.41. The Hall–Kier alpha value is -0.970. The number of nitrogens with one attached hydrogen (secondary N) is 1. The van der Waals surface area contributed by atoms with Crippen molar-refractivity contribution in [2.75, 3.05) is 7.05 Å². The number of alkyl halides is 2. The van der Waals surface area contributed by atoms with Gasteiger partial charge in [-0.25, -0.2) is 8.78 Å². The van der Waals surface area contributed by atoms with Crippen molar-refractivity contribution < 1.29 is 8.78 Å². The Balaban J connectivity index is 2.86. The van der Waals surface area contributed by atoms with Gasteiger partial charge in [0, 0.05) is 12.7 Å². The first kappa shape index (κ1) is 11.1. The van der Waals surface area contributed by atoms with Gasteiger partial charge in [0.2, 0.25) is 0 Å². The first-order valence-electron chi connectivity index (χ1n) is 4.67. The molecule has 3 nitrogen and oxygen atoms in total. The van der Waals surface area contributed by atoms with Gasteiger partial charge >= 0.3 is 0 Å². The van der Waals surface area contributed by atoms with Crippen molar-refractivity contribution in [2.24, 2.45) is 0 Å². The molecule has 0 aromatic carbocycles. The summed E-state index contributed by atoms with van der Waals surface area (Å²) in [5.41, 5.74) is 0.546. The van der Waals surface area contributed by atoms with E-state index in [1.54, 1.807) is 16.9 Å². The molecule has 0 fully saturated rings. The van der Waals surface area contributed by atoms with Gasteiger partial charge in [-0.05, 0) is 19.5 Å². The lowest BCUT2D eigenvalue weighted by Crippen LogP contribution is -2.26. The van der Waals surface area contributed by atoms with Gasteiger partial charge in [0.05, 0.1) is 5.69 Å². The molecular formula is C9H15F2N3. The summed E-state index contributed by atoms with van der Waals surface area (Å²) < 4.78 is 26.8. The zero-order valence-corrected chi connectivity index (χ0v) is 8.37. The Bertz CT molecular complexity index is 273. The first-order valence-corrected chi connectivity index (χ1v) is 4.67. The predicted octanol–water partition coefficient (Wildman–Crippen LogP) is 1.82. The molecule has 1 N–H and O–H groups in total. The molecule has 0 aliphatic heterocycles. The van der Waals surface area contributed by atoms with E-state index in [4.69, 9.17) is 0 Å². The highest BCUT2D eigenvalue weighted by atomic mass is 19.3.